The van der Waals surface area contributed by atoms with Crippen LogP contribution in [0.2, 0.25) is 0 Å². The van der Waals surface area contributed by atoms with E-state index in [1.54, 1.807) is 0 Å². The van der Waals surface area contributed by atoms with Crippen LogP contribution in [0.5, 0.6) is 0 Å². The van der Waals surface area contributed by atoms with Crippen molar-refractivity contribution in [2.75, 3.05) is 20.1 Å². The van der Waals surface area contributed by atoms with Gasteiger partial charge in [0.1, 0.15) is 0 Å². The van der Waals surface area contributed by atoms with Gasteiger partial charge in [0.15, 0.2) is 0 Å². The van der Waals surface area contributed by atoms with Crippen LogP contribution in [-0.2, 0) is 6.54 Å². The maximum atomic E-state index is 5.51. The Morgan fingerprint density at radius 2 is 1.65 bits per heavy atom. The molecule has 17 heavy (non-hydrogen) atoms. The summed E-state index contributed by atoms with van der Waals surface area (Å²) in [4.78, 5) is 2.39. The molecular formula is C15H26N2. The summed E-state index contributed by atoms with van der Waals surface area (Å²) >= 11 is 0. The molecule has 0 radical (unpaired) electrons. The molecule has 0 aliphatic carbocycles. The summed E-state index contributed by atoms with van der Waals surface area (Å²) in [6, 6.07) is 4.55. The van der Waals surface area contributed by atoms with Gasteiger partial charge in [-0.25, -0.2) is 0 Å². The summed E-state index contributed by atoms with van der Waals surface area (Å²) in [5.74, 6) is 0. The number of hydrogen-bond acceptors (Lipinski definition) is 2. The van der Waals surface area contributed by atoms with Crippen LogP contribution in [0.15, 0.2) is 12.1 Å². The van der Waals surface area contributed by atoms with Gasteiger partial charge in [0.05, 0.1) is 0 Å². The molecule has 1 rings (SSSR count). The third kappa shape index (κ3) is 4.49. The Hall–Kier alpha value is -0.860. The number of unbranched alkanes of at least 4 members (excludes halogenated alkanes) is 1. The zero-order chi connectivity index (χ0) is 12.8. The van der Waals surface area contributed by atoms with Gasteiger partial charge < -0.3 is 10.6 Å². The summed E-state index contributed by atoms with van der Waals surface area (Å²) in [5, 5.41) is 0. The van der Waals surface area contributed by atoms with Gasteiger partial charge in [0.2, 0.25) is 0 Å². The minimum atomic E-state index is 0.802. The van der Waals surface area contributed by atoms with Crippen LogP contribution in [0.1, 0.15) is 35.1 Å². The summed E-state index contributed by atoms with van der Waals surface area (Å²) in [5.41, 5.74) is 11.2. The van der Waals surface area contributed by atoms with E-state index < -0.39 is 0 Å². The molecule has 2 nitrogen and oxygen atoms in total. The zero-order valence-corrected chi connectivity index (χ0v) is 11.7. The standard InChI is InChI=1S/C15H26N2/c1-12-9-13(2)15(14(3)10-12)11-17(4)8-6-5-7-16/h9-10H,5-8,11,16H2,1-4H3. The van der Waals surface area contributed by atoms with Gasteiger partial charge >= 0.3 is 0 Å². The predicted octanol–water partition coefficient (Wildman–Crippen LogP) is 2.78. The van der Waals surface area contributed by atoms with E-state index in [1.807, 2.05) is 0 Å². The van der Waals surface area contributed by atoms with Crippen molar-refractivity contribution in [1.29, 1.82) is 0 Å². The molecule has 0 fully saturated rings. The second kappa shape index (κ2) is 6.77. The van der Waals surface area contributed by atoms with Gasteiger partial charge in [0.25, 0.3) is 0 Å². The van der Waals surface area contributed by atoms with Gasteiger partial charge in [0, 0.05) is 6.54 Å². The average molecular weight is 234 g/mol. The van der Waals surface area contributed by atoms with E-state index in [4.69, 9.17) is 5.73 Å². The van der Waals surface area contributed by atoms with Crippen molar-refractivity contribution in [3.63, 3.8) is 0 Å². The van der Waals surface area contributed by atoms with Gasteiger partial charge in [-0.05, 0) is 70.4 Å². The van der Waals surface area contributed by atoms with Gasteiger partial charge in [-0.1, -0.05) is 17.7 Å². The van der Waals surface area contributed by atoms with Crippen molar-refractivity contribution in [3.05, 3.63) is 34.4 Å². The smallest absolute Gasteiger partial charge is 0.0235 e. The highest BCUT2D eigenvalue weighted by atomic mass is 15.1. The molecule has 2 N–H and O–H groups in total. The third-order valence-corrected chi connectivity index (χ3v) is 3.26. The number of benzene rings is 1. The molecule has 0 spiro atoms. The Morgan fingerprint density at radius 3 is 2.18 bits per heavy atom. The Kier molecular flexibility index (Phi) is 5.66. The van der Waals surface area contributed by atoms with Crippen LogP contribution < -0.4 is 5.73 Å². The Labute approximate surface area is 106 Å². The first-order chi connectivity index (χ1) is 8.04. The average Bonchev–Trinajstić information content (AvgIpc) is 2.24. The quantitative estimate of drug-likeness (QED) is 0.767. The summed E-state index contributed by atoms with van der Waals surface area (Å²) in [6.45, 7) is 9.56. The number of hydrogen-bond donors (Lipinski definition) is 1. The molecule has 2 heteroatoms. The van der Waals surface area contributed by atoms with Gasteiger partial charge in [-0.15, -0.1) is 0 Å². The lowest BCUT2D eigenvalue weighted by atomic mass is 9.99. The van der Waals surface area contributed by atoms with Crippen molar-refractivity contribution in [3.8, 4) is 0 Å². The van der Waals surface area contributed by atoms with E-state index in [0.29, 0.717) is 0 Å². The van der Waals surface area contributed by atoms with Crippen LogP contribution in [0.3, 0.4) is 0 Å². The van der Waals surface area contributed by atoms with Crippen LogP contribution in [0.4, 0.5) is 0 Å². The summed E-state index contributed by atoms with van der Waals surface area (Å²) < 4.78 is 0. The van der Waals surface area contributed by atoms with E-state index in [1.165, 1.54) is 28.7 Å². The highest BCUT2D eigenvalue weighted by molar-refractivity contribution is 5.37. The van der Waals surface area contributed by atoms with E-state index in [-0.39, 0.29) is 0 Å². The number of nitrogens with zero attached hydrogens (tertiary/aromatic N) is 1. The van der Waals surface area contributed by atoms with Crippen molar-refractivity contribution in [2.24, 2.45) is 5.73 Å². The van der Waals surface area contributed by atoms with Gasteiger partial charge in [-0.3, -0.25) is 0 Å². The Balaban J connectivity index is 2.61. The van der Waals surface area contributed by atoms with E-state index in [2.05, 4.69) is 44.9 Å². The molecular weight excluding hydrogens is 208 g/mol. The fourth-order valence-corrected chi connectivity index (χ4v) is 2.33. The number of nitrogens with two attached hydrogens (primary N) is 1. The molecule has 0 aromatic heterocycles. The molecule has 0 heterocycles. The highest BCUT2D eigenvalue weighted by Crippen LogP contribution is 2.18. The van der Waals surface area contributed by atoms with Crippen LogP contribution in [-0.4, -0.2) is 25.0 Å². The molecule has 0 amide bonds. The normalized spacial score (nSPS) is 11.2. The maximum Gasteiger partial charge on any atom is 0.0235 e. The minimum Gasteiger partial charge on any atom is -0.330 e. The third-order valence-electron chi connectivity index (χ3n) is 3.26. The molecule has 96 valence electrons. The molecule has 0 aliphatic rings. The molecule has 0 bridgehead atoms. The minimum absolute atomic E-state index is 0.802. The summed E-state index contributed by atoms with van der Waals surface area (Å²) in [6.07, 6.45) is 2.31. The zero-order valence-electron chi connectivity index (χ0n) is 11.7. The Bertz CT molecular complexity index is 335. The van der Waals surface area contributed by atoms with Crippen LogP contribution >= 0.6 is 0 Å². The number of rotatable bonds is 6. The fourth-order valence-electron chi connectivity index (χ4n) is 2.33. The number of aryl methyl sites for hydroxylation is 3. The molecule has 0 unspecified atom stereocenters. The predicted molar refractivity (Wildman–Crippen MR) is 75.3 cm³/mol. The van der Waals surface area contributed by atoms with Crippen molar-refractivity contribution in [1.82, 2.24) is 4.90 Å². The van der Waals surface area contributed by atoms with Crippen molar-refractivity contribution in [2.45, 2.75) is 40.2 Å². The first kappa shape index (κ1) is 14.2. The van der Waals surface area contributed by atoms with Crippen LogP contribution in [0, 0.1) is 20.8 Å². The van der Waals surface area contributed by atoms with Crippen LogP contribution in [0.25, 0.3) is 0 Å². The maximum absolute atomic E-state index is 5.51. The lowest BCUT2D eigenvalue weighted by Gasteiger charge is -2.20. The first-order valence-corrected chi connectivity index (χ1v) is 6.50. The second-order valence-corrected chi connectivity index (χ2v) is 5.11. The fraction of sp³-hybridized carbons (Fsp3) is 0.600. The lowest BCUT2D eigenvalue weighted by Crippen LogP contribution is -2.21. The van der Waals surface area contributed by atoms with E-state index >= 15 is 0 Å². The molecule has 0 aliphatic heterocycles. The lowest BCUT2D eigenvalue weighted by molar-refractivity contribution is 0.318. The second-order valence-electron chi connectivity index (χ2n) is 5.11. The molecule has 0 atom stereocenters. The summed E-state index contributed by atoms with van der Waals surface area (Å²) in [7, 11) is 2.19. The topological polar surface area (TPSA) is 29.3 Å². The molecule has 1 aromatic rings. The van der Waals surface area contributed by atoms with E-state index in [0.717, 1.165) is 26.1 Å². The molecule has 0 saturated carbocycles. The van der Waals surface area contributed by atoms with Crippen molar-refractivity contribution < 1.29 is 0 Å². The van der Waals surface area contributed by atoms with Gasteiger partial charge in [-0.2, -0.15) is 0 Å². The first-order valence-electron chi connectivity index (χ1n) is 6.50. The molecule has 1 aromatic carbocycles. The molecule has 0 saturated heterocycles. The van der Waals surface area contributed by atoms with Crippen molar-refractivity contribution >= 4 is 0 Å². The monoisotopic (exact) mass is 234 g/mol. The Morgan fingerprint density at radius 1 is 1.06 bits per heavy atom. The van der Waals surface area contributed by atoms with E-state index in [9.17, 15) is 0 Å². The highest BCUT2D eigenvalue weighted by Gasteiger charge is 2.06. The largest absolute Gasteiger partial charge is 0.330 e. The SMILES string of the molecule is Cc1cc(C)c(CN(C)CCCCN)c(C)c1.